The molecule has 0 saturated carbocycles. The molecule has 0 aliphatic rings. The standard InChI is InChI=1S/C16H15FN2/c17-15-2-1-3-16-14(15)8-9-19(16)11-13-6-4-12(10-18)5-7-13/h1-9H,10-11,18H2. The molecule has 0 unspecified atom stereocenters. The number of benzene rings is 2. The molecule has 1 heterocycles. The first-order valence-electron chi connectivity index (χ1n) is 6.29. The molecule has 2 aromatic carbocycles. The van der Waals surface area contributed by atoms with Crippen molar-refractivity contribution in [3.63, 3.8) is 0 Å². The number of halogens is 1. The first-order chi connectivity index (χ1) is 9.28. The highest BCUT2D eigenvalue weighted by Gasteiger charge is 2.05. The second kappa shape index (κ2) is 4.86. The van der Waals surface area contributed by atoms with Gasteiger partial charge in [0.2, 0.25) is 0 Å². The molecule has 2 N–H and O–H groups in total. The third kappa shape index (κ3) is 2.25. The summed E-state index contributed by atoms with van der Waals surface area (Å²) in [6, 6.07) is 15.2. The summed E-state index contributed by atoms with van der Waals surface area (Å²) >= 11 is 0. The van der Waals surface area contributed by atoms with Crippen molar-refractivity contribution in [1.29, 1.82) is 0 Å². The van der Waals surface area contributed by atoms with E-state index in [1.807, 2.05) is 30.5 Å². The topological polar surface area (TPSA) is 30.9 Å². The molecule has 0 aliphatic carbocycles. The largest absolute Gasteiger partial charge is 0.343 e. The van der Waals surface area contributed by atoms with Crippen LogP contribution in [0.15, 0.2) is 54.7 Å². The SMILES string of the molecule is NCc1ccc(Cn2ccc3c(F)cccc32)cc1. The molecule has 3 rings (SSSR count). The Morgan fingerprint density at radius 2 is 1.68 bits per heavy atom. The number of aromatic nitrogens is 1. The lowest BCUT2D eigenvalue weighted by Crippen LogP contribution is -2.00. The monoisotopic (exact) mass is 254 g/mol. The number of fused-ring (bicyclic) bond motifs is 1. The first kappa shape index (κ1) is 11.9. The van der Waals surface area contributed by atoms with Crippen molar-refractivity contribution < 1.29 is 4.39 Å². The Balaban J connectivity index is 1.94. The summed E-state index contributed by atoms with van der Waals surface area (Å²) in [5, 5.41) is 0.668. The predicted octanol–water partition coefficient (Wildman–Crippen LogP) is 3.29. The zero-order valence-electron chi connectivity index (χ0n) is 10.5. The minimum Gasteiger partial charge on any atom is -0.343 e. The van der Waals surface area contributed by atoms with Crippen LogP contribution < -0.4 is 5.73 Å². The van der Waals surface area contributed by atoms with Crippen molar-refractivity contribution >= 4 is 10.9 Å². The molecule has 2 nitrogen and oxygen atoms in total. The van der Waals surface area contributed by atoms with Gasteiger partial charge in [-0.25, -0.2) is 4.39 Å². The molecule has 96 valence electrons. The number of hydrogen-bond acceptors (Lipinski definition) is 1. The molecule has 0 amide bonds. The van der Waals surface area contributed by atoms with Crippen LogP contribution in [0.2, 0.25) is 0 Å². The Hall–Kier alpha value is -2.13. The van der Waals surface area contributed by atoms with Gasteiger partial charge in [0.15, 0.2) is 0 Å². The summed E-state index contributed by atoms with van der Waals surface area (Å²) in [5.74, 6) is -0.172. The quantitative estimate of drug-likeness (QED) is 0.764. The highest BCUT2D eigenvalue weighted by Crippen LogP contribution is 2.20. The summed E-state index contributed by atoms with van der Waals surface area (Å²) in [6.45, 7) is 1.29. The van der Waals surface area contributed by atoms with Gasteiger partial charge < -0.3 is 10.3 Å². The van der Waals surface area contributed by atoms with Gasteiger partial charge in [0.1, 0.15) is 5.82 Å². The second-order valence-electron chi connectivity index (χ2n) is 4.64. The van der Waals surface area contributed by atoms with Gasteiger partial charge >= 0.3 is 0 Å². The average molecular weight is 254 g/mol. The average Bonchev–Trinajstić information content (AvgIpc) is 2.84. The van der Waals surface area contributed by atoms with Gasteiger partial charge in [-0.15, -0.1) is 0 Å². The van der Waals surface area contributed by atoms with Crippen LogP contribution in [0.4, 0.5) is 4.39 Å². The van der Waals surface area contributed by atoms with Gasteiger partial charge in [0, 0.05) is 24.7 Å². The number of nitrogens with two attached hydrogens (primary N) is 1. The molecular formula is C16H15FN2. The van der Waals surface area contributed by atoms with Crippen LogP contribution in [0, 0.1) is 5.82 Å². The van der Waals surface area contributed by atoms with E-state index in [2.05, 4.69) is 16.7 Å². The highest BCUT2D eigenvalue weighted by atomic mass is 19.1. The minimum atomic E-state index is -0.172. The first-order valence-corrected chi connectivity index (χ1v) is 6.29. The van der Waals surface area contributed by atoms with E-state index < -0.39 is 0 Å². The van der Waals surface area contributed by atoms with Gasteiger partial charge in [-0.3, -0.25) is 0 Å². The van der Waals surface area contributed by atoms with Crippen molar-refractivity contribution in [2.75, 3.05) is 0 Å². The zero-order valence-corrected chi connectivity index (χ0v) is 10.5. The zero-order chi connectivity index (χ0) is 13.2. The van der Waals surface area contributed by atoms with Gasteiger partial charge in [-0.05, 0) is 29.3 Å². The number of rotatable bonds is 3. The van der Waals surface area contributed by atoms with E-state index in [9.17, 15) is 4.39 Å². The molecule has 0 saturated heterocycles. The van der Waals surface area contributed by atoms with Crippen LogP contribution in [0.1, 0.15) is 11.1 Å². The smallest absolute Gasteiger partial charge is 0.132 e. The third-order valence-electron chi connectivity index (χ3n) is 3.37. The normalized spacial score (nSPS) is 11.1. The summed E-state index contributed by atoms with van der Waals surface area (Å²) in [6.07, 6.45) is 1.92. The fraction of sp³-hybridized carbons (Fsp3) is 0.125. The molecule has 19 heavy (non-hydrogen) atoms. The van der Waals surface area contributed by atoms with E-state index in [1.165, 1.54) is 11.6 Å². The van der Waals surface area contributed by atoms with Gasteiger partial charge in [-0.2, -0.15) is 0 Å². The lowest BCUT2D eigenvalue weighted by molar-refractivity contribution is 0.639. The molecule has 0 radical (unpaired) electrons. The Morgan fingerprint density at radius 3 is 2.42 bits per heavy atom. The Morgan fingerprint density at radius 1 is 0.947 bits per heavy atom. The van der Waals surface area contributed by atoms with Crippen LogP contribution in [-0.4, -0.2) is 4.57 Å². The maximum Gasteiger partial charge on any atom is 0.132 e. The van der Waals surface area contributed by atoms with Crippen molar-refractivity contribution in [2.45, 2.75) is 13.1 Å². The maximum atomic E-state index is 13.6. The lowest BCUT2D eigenvalue weighted by atomic mass is 10.1. The molecule has 1 aromatic heterocycles. The van der Waals surface area contributed by atoms with E-state index in [0.717, 1.165) is 17.6 Å². The Labute approximate surface area is 111 Å². The summed E-state index contributed by atoms with van der Waals surface area (Å²) < 4.78 is 15.7. The van der Waals surface area contributed by atoms with Crippen molar-refractivity contribution in [1.82, 2.24) is 4.57 Å². The van der Waals surface area contributed by atoms with E-state index >= 15 is 0 Å². The summed E-state index contributed by atoms with van der Waals surface area (Å²) in [4.78, 5) is 0. The molecule has 3 heteroatoms. The van der Waals surface area contributed by atoms with Crippen LogP contribution in [-0.2, 0) is 13.1 Å². The van der Waals surface area contributed by atoms with Crippen molar-refractivity contribution in [3.05, 3.63) is 71.7 Å². The summed E-state index contributed by atoms with van der Waals surface area (Å²) in [7, 11) is 0. The summed E-state index contributed by atoms with van der Waals surface area (Å²) in [5.41, 5.74) is 8.80. The van der Waals surface area contributed by atoms with E-state index in [-0.39, 0.29) is 5.82 Å². The second-order valence-corrected chi connectivity index (χ2v) is 4.64. The fourth-order valence-electron chi connectivity index (χ4n) is 2.30. The van der Waals surface area contributed by atoms with Crippen LogP contribution >= 0.6 is 0 Å². The highest BCUT2D eigenvalue weighted by molar-refractivity contribution is 5.80. The van der Waals surface area contributed by atoms with E-state index in [4.69, 9.17) is 5.73 Å². The van der Waals surface area contributed by atoms with Crippen LogP contribution in [0.25, 0.3) is 10.9 Å². The molecule has 3 aromatic rings. The minimum absolute atomic E-state index is 0.172. The molecule has 0 bridgehead atoms. The molecule has 0 aliphatic heterocycles. The molecule has 0 spiro atoms. The Bertz CT molecular complexity index is 698. The predicted molar refractivity (Wildman–Crippen MR) is 75.3 cm³/mol. The van der Waals surface area contributed by atoms with E-state index in [0.29, 0.717) is 11.9 Å². The third-order valence-corrected chi connectivity index (χ3v) is 3.37. The molecule has 0 fully saturated rings. The van der Waals surface area contributed by atoms with Crippen molar-refractivity contribution in [2.24, 2.45) is 5.73 Å². The van der Waals surface area contributed by atoms with Crippen LogP contribution in [0.5, 0.6) is 0 Å². The van der Waals surface area contributed by atoms with Gasteiger partial charge in [0.25, 0.3) is 0 Å². The Kier molecular flexibility index (Phi) is 3.05. The fourth-order valence-corrected chi connectivity index (χ4v) is 2.30. The van der Waals surface area contributed by atoms with Gasteiger partial charge in [-0.1, -0.05) is 30.3 Å². The number of nitrogens with zero attached hydrogens (tertiary/aromatic N) is 1. The number of hydrogen-bond donors (Lipinski definition) is 1. The maximum absolute atomic E-state index is 13.6. The van der Waals surface area contributed by atoms with Crippen molar-refractivity contribution in [3.8, 4) is 0 Å². The van der Waals surface area contributed by atoms with E-state index in [1.54, 1.807) is 6.07 Å². The lowest BCUT2D eigenvalue weighted by Gasteiger charge is -2.06. The van der Waals surface area contributed by atoms with Crippen LogP contribution in [0.3, 0.4) is 0 Å². The molecular weight excluding hydrogens is 239 g/mol. The van der Waals surface area contributed by atoms with Gasteiger partial charge in [0.05, 0.1) is 5.52 Å². The molecule has 0 atom stereocenters.